The summed E-state index contributed by atoms with van der Waals surface area (Å²) in [5.74, 6) is 0. The van der Waals surface area contributed by atoms with Gasteiger partial charge in [0.2, 0.25) is 0 Å². The zero-order valence-electron chi connectivity index (χ0n) is 10.1. The minimum atomic E-state index is -0.689. The van der Waals surface area contributed by atoms with Gasteiger partial charge in [0, 0.05) is 12.8 Å². The first kappa shape index (κ1) is 11.9. The van der Waals surface area contributed by atoms with Gasteiger partial charge in [-0.05, 0) is 23.6 Å². The fourth-order valence-corrected chi connectivity index (χ4v) is 2.06. The summed E-state index contributed by atoms with van der Waals surface area (Å²) in [4.78, 5) is 0. The van der Waals surface area contributed by atoms with Gasteiger partial charge in [0.25, 0.3) is 0 Å². The van der Waals surface area contributed by atoms with E-state index in [4.69, 9.17) is 4.42 Å². The Balaban J connectivity index is 2.09. The van der Waals surface area contributed by atoms with Crippen molar-refractivity contribution in [3.63, 3.8) is 0 Å². The highest BCUT2D eigenvalue weighted by Crippen LogP contribution is 2.22. The minimum absolute atomic E-state index is 0.634. The largest absolute Gasteiger partial charge is 0.472 e. The van der Waals surface area contributed by atoms with E-state index in [1.807, 2.05) is 31.2 Å². The van der Waals surface area contributed by atoms with Crippen molar-refractivity contribution in [2.45, 2.75) is 31.8 Å². The topological polar surface area (TPSA) is 33.4 Å². The molecule has 1 atom stereocenters. The fraction of sp³-hybridized carbons (Fsp3) is 0.333. The second-order valence-electron chi connectivity index (χ2n) is 4.55. The van der Waals surface area contributed by atoms with Gasteiger partial charge in [-0.1, -0.05) is 37.3 Å². The minimum Gasteiger partial charge on any atom is -0.472 e. The van der Waals surface area contributed by atoms with Crippen molar-refractivity contribution in [1.29, 1.82) is 0 Å². The van der Waals surface area contributed by atoms with Gasteiger partial charge in [0.15, 0.2) is 0 Å². The van der Waals surface area contributed by atoms with Crippen LogP contribution in [-0.4, -0.2) is 10.7 Å². The van der Waals surface area contributed by atoms with E-state index in [2.05, 4.69) is 12.1 Å². The van der Waals surface area contributed by atoms with Crippen molar-refractivity contribution in [2.24, 2.45) is 0 Å². The molecule has 1 N–H and O–H groups in total. The van der Waals surface area contributed by atoms with Crippen LogP contribution in [0.2, 0.25) is 0 Å². The first-order chi connectivity index (χ1) is 8.22. The quantitative estimate of drug-likeness (QED) is 0.855. The van der Waals surface area contributed by atoms with E-state index in [1.54, 1.807) is 12.5 Å². The molecular weight excluding hydrogens is 212 g/mol. The van der Waals surface area contributed by atoms with Crippen LogP contribution in [0.3, 0.4) is 0 Å². The van der Waals surface area contributed by atoms with Crippen LogP contribution >= 0.6 is 0 Å². The van der Waals surface area contributed by atoms with Crippen LogP contribution in [0.25, 0.3) is 0 Å². The summed E-state index contributed by atoms with van der Waals surface area (Å²) in [5.41, 5.74) is 1.52. The monoisotopic (exact) mass is 230 g/mol. The summed E-state index contributed by atoms with van der Waals surface area (Å²) in [7, 11) is 0. The number of aliphatic hydroxyl groups is 1. The molecular formula is C15H18O2. The molecule has 2 aromatic rings. The van der Waals surface area contributed by atoms with E-state index >= 15 is 0 Å². The average Bonchev–Trinajstić information content (AvgIpc) is 2.83. The zero-order valence-corrected chi connectivity index (χ0v) is 10.1. The van der Waals surface area contributed by atoms with Crippen molar-refractivity contribution in [1.82, 2.24) is 0 Å². The van der Waals surface area contributed by atoms with Gasteiger partial charge in [-0.25, -0.2) is 0 Å². The Morgan fingerprint density at radius 2 is 1.76 bits per heavy atom. The second kappa shape index (κ2) is 5.19. The van der Waals surface area contributed by atoms with Gasteiger partial charge in [-0.2, -0.15) is 0 Å². The predicted molar refractivity (Wildman–Crippen MR) is 67.8 cm³/mol. The SMILES string of the molecule is CCC(O)(Cc1ccccc1)Cc1ccoc1. The van der Waals surface area contributed by atoms with E-state index in [0.717, 1.165) is 12.0 Å². The van der Waals surface area contributed by atoms with E-state index in [9.17, 15) is 5.11 Å². The van der Waals surface area contributed by atoms with Crippen LogP contribution in [0.5, 0.6) is 0 Å². The molecule has 0 saturated heterocycles. The smallest absolute Gasteiger partial charge is 0.0935 e. The van der Waals surface area contributed by atoms with Crippen molar-refractivity contribution >= 4 is 0 Å². The molecule has 2 heteroatoms. The van der Waals surface area contributed by atoms with Gasteiger partial charge in [0.1, 0.15) is 0 Å². The summed E-state index contributed by atoms with van der Waals surface area (Å²) in [6, 6.07) is 12.0. The van der Waals surface area contributed by atoms with Crippen LogP contribution < -0.4 is 0 Å². The van der Waals surface area contributed by atoms with Crippen LogP contribution in [-0.2, 0) is 12.8 Å². The summed E-state index contributed by atoms with van der Waals surface area (Å²) < 4.78 is 5.04. The molecule has 2 nitrogen and oxygen atoms in total. The molecule has 90 valence electrons. The maximum Gasteiger partial charge on any atom is 0.0935 e. The molecule has 0 bridgehead atoms. The summed E-state index contributed by atoms with van der Waals surface area (Å²) in [6.07, 6.45) is 5.39. The maximum atomic E-state index is 10.6. The van der Waals surface area contributed by atoms with E-state index < -0.39 is 5.60 Å². The average molecular weight is 230 g/mol. The molecule has 1 aromatic carbocycles. The molecule has 1 heterocycles. The lowest BCUT2D eigenvalue weighted by atomic mass is 9.87. The third-order valence-electron chi connectivity index (χ3n) is 3.15. The number of furan rings is 1. The predicted octanol–water partition coefficient (Wildman–Crippen LogP) is 3.21. The molecule has 2 rings (SSSR count). The van der Waals surface area contributed by atoms with Gasteiger partial charge in [-0.3, -0.25) is 0 Å². The highest BCUT2D eigenvalue weighted by atomic mass is 16.3. The number of benzene rings is 1. The highest BCUT2D eigenvalue weighted by Gasteiger charge is 2.25. The number of rotatable bonds is 5. The summed E-state index contributed by atoms with van der Waals surface area (Å²) in [6.45, 7) is 2.02. The molecule has 0 aliphatic rings. The Morgan fingerprint density at radius 3 is 2.35 bits per heavy atom. The lowest BCUT2D eigenvalue weighted by Gasteiger charge is -2.26. The van der Waals surface area contributed by atoms with E-state index in [0.29, 0.717) is 12.8 Å². The zero-order chi connectivity index (χ0) is 12.1. The summed E-state index contributed by atoms with van der Waals surface area (Å²) >= 11 is 0. The fourth-order valence-electron chi connectivity index (χ4n) is 2.06. The molecule has 0 saturated carbocycles. The lowest BCUT2D eigenvalue weighted by molar-refractivity contribution is 0.0367. The van der Waals surface area contributed by atoms with E-state index in [-0.39, 0.29) is 0 Å². The molecule has 0 radical (unpaired) electrons. The van der Waals surface area contributed by atoms with Crippen LogP contribution in [0.4, 0.5) is 0 Å². The van der Waals surface area contributed by atoms with Gasteiger partial charge in [-0.15, -0.1) is 0 Å². The molecule has 0 spiro atoms. The highest BCUT2D eigenvalue weighted by molar-refractivity contribution is 5.19. The van der Waals surface area contributed by atoms with Crippen LogP contribution in [0.15, 0.2) is 53.3 Å². The standard InChI is InChI=1S/C15H18O2/c1-2-15(16,11-14-8-9-17-12-14)10-13-6-4-3-5-7-13/h3-9,12,16H,2,10-11H2,1H3. The van der Waals surface area contributed by atoms with Gasteiger partial charge in [0.05, 0.1) is 18.1 Å². The number of hydrogen-bond acceptors (Lipinski definition) is 2. The van der Waals surface area contributed by atoms with Gasteiger partial charge < -0.3 is 9.52 Å². The first-order valence-corrected chi connectivity index (χ1v) is 5.99. The molecule has 0 fully saturated rings. The second-order valence-corrected chi connectivity index (χ2v) is 4.55. The normalized spacial score (nSPS) is 14.5. The van der Waals surface area contributed by atoms with Gasteiger partial charge >= 0.3 is 0 Å². The Kier molecular flexibility index (Phi) is 3.64. The third kappa shape index (κ3) is 3.21. The first-order valence-electron chi connectivity index (χ1n) is 5.99. The lowest BCUT2D eigenvalue weighted by Crippen LogP contribution is -2.33. The summed E-state index contributed by atoms with van der Waals surface area (Å²) in [5, 5.41) is 10.6. The van der Waals surface area contributed by atoms with Crippen molar-refractivity contribution < 1.29 is 9.52 Å². The third-order valence-corrected chi connectivity index (χ3v) is 3.15. The van der Waals surface area contributed by atoms with Crippen LogP contribution in [0.1, 0.15) is 24.5 Å². The maximum absolute atomic E-state index is 10.6. The molecule has 0 aliphatic carbocycles. The Labute approximate surface area is 102 Å². The van der Waals surface area contributed by atoms with Crippen LogP contribution in [0, 0.1) is 0 Å². The molecule has 17 heavy (non-hydrogen) atoms. The van der Waals surface area contributed by atoms with Crippen molar-refractivity contribution in [2.75, 3.05) is 0 Å². The molecule has 0 aliphatic heterocycles. The Hall–Kier alpha value is -1.54. The Bertz CT molecular complexity index is 433. The number of hydrogen-bond donors (Lipinski definition) is 1. The van der Waals surface area contributed by atoms with E-state index in [1.165, 1.54) is 5.56 Å². The van der Waals surface area contributed by atoms with Crippen molar-refractivity contribution in [3.8, 4) is 0 Å². The molecule has 0 amide bonds. The molecule has 1 unspecified atom stereocenters. The Morgan fingerprint density at radius 1 is 1.06 bits per heavy atom. The molecule has 1 aromatic heterocycles. The van der Waals surface area contributed by atoms with Crippen molar-refractivity contribution in [3.05, 3.63) is 60.1 Å².